The van der Waals surface area contributed by atoms with Gasteiger partial charge in [0.2, 0.25) is 15.9 Å². The van der Waals surface area contributed by atoms with Gasteiger partial charge in [-0.15, -0.1) is 0 Å². The fraction of sp³-hybridized carbons (Fsp3) is 0.364. The average molecular weight is 428 g/mol. The number of hydrogen-bond acceptors (Lipinski definition) is 5. The number of benzene rings is 2. The van der Waals surface area contributed by atoms with Gasteiger partial charge in [-0.2, -0.15) is 9.57 Å². The first-order valence-corrected chi connectivity index (χ1v) is 11.4. The van der Waals surface area contributed by atoms with Crippen LogP contribution >= 0.6 is 0 Å². The molecule has 0 aromatic heterocycles. The van der Waals surface area contributed by atoms with Crippen molar-refractivity contribution in [3.63, 3.8) is 0 Å². The zero-order valence-electron chi connectivity index (χ0n) is 16.9. The number of carbonyl (C=O) groups excluding carboxylic acids is 1. The molecule has 8 heteroatoms. The molecule has 158 valence electrons. The van der Waals surface area contributed by atoms with Crippen molar-refractivity contribution >= 4 is 21.6 Å². The first kappa shape index (κ1) is 21.8. The van der Waals surface area contributed by atoms with E-state index in [-0.39, 0.29) is 17.3 Å². The summed E-state index contributed by atoms with van der Waals surface area (Å²) in [6.07, 6.45) is 1.57. The monoisotopic (exact) mass is 427 g/mol. The van der Waals surface area contributed by atoms with Gasteiger partial charge in [0.1, 0.15) is 5.75 Å². The summed E-state index contributed by atoms with van der Waals surface area (Å²) in [6, 6.07) is 15.5. The Morgan fingerprint density at radius 3 is 2.53 bits per heavy atom. The second kappa shape index (κ2) is 9.74. The zero-order chi connectivity index (χ0) is 21.6. The molecule has 7 nitrogen and oxygen atoms in total. The molecule has 1 heterocycles. The molecule has 2 aromatic carbocycles. The molecule has 1 N–H and O–H groups in total. The first-order valence-electron chi connectivity index (χ1n) is 9.94. The van der Waals surface area contributed by atoms with E-state index < -0.39 is 15.9 Å². The third-order valence-corrected chi connectivity index (χ3v) is 6.91. The molecule has 3 rings (SSSR count). The summed E-state index contributed by atoms with van der Waals surface area (Å²) in [4.78, 5) is 12.9. The Hall–Kier alpha value is -2.89. The number of nitrogens with one attached hydrogen (secondary N) is 1. The van der Waals surface area contributed by atoms with Crippen LogP contribution in [0.15, 0.2) is 53.4 Å². The van der Waals surface area contributed by atoms with Gasteiger partial charge in [0, 0.05) is 18.8 Å². The number of hydrogen-bond donors (Lipinski definition) is 1. The first-order chi connectivity index (χ1) is 14.4. The topological polar surface area (TPSA) is 99.5 Å². The number of rotatable bonds is 7. The van der Waals surface area contributed by atoms with Crippen LogP contribution in [0.4, 0.5) is 5.69 Å². The number of sulfonamides is 1. The smallest absolute Gasteiger partial charge is 0.243 e. The van der Waals surface area contributed by atoms with Gasteiger partial charge in [0.05, 0.1) is 29.9 Å². The number of piperidine rings is 1. The molecular formula is C22H25N3O4S. The van der Waals surface area contributed by atoms with E-state index in [4.69, 9.17) is 10.00 Å². The van der Waals surface area contributed by atoms with Gasteiger partial charge >= 0.3 is 0 Å². The van der Waals surface area contributed by atoms with Crippen molar-refractivity contribution in [1.29, 1.82) is 5.26 Å². The highest BCUT2D eigenvalue weighted by molar-refractivity contribution is 7.89. The largest absolute Gasteiger partial charge is 0.494 e. The van der Waals surface area contributed by atoms with Crippen LogP contribution < -0.4 is 10.1 Å². The van der Waals surface area contributed by atoms with Gasteiger partial charge in [0.25, 0.3) is 0 Å². The molecule has 1 saturated heterocycles. The van der Waals surface area contributed by atoms with E-state index in [2.05, 4.69) is 11.4 Å². The van der Waals surface area contributed by atoms with Crippen LogP contribution in [0.1, 0.15) is 25.3 Å². The maximum absolute atomic E-state index is 13.0. The lowest BCUT2D eigenvalue weighted by Crippen LogP contribution is -2.43. The molecule has 0 radical (unpaired) electrons. The maximum Gasteiger partial charge on any atom is 0.243 e. The second-order valence-corrected chi connectivity index (χ2v) is 9.07. The molecule has 0 spiro atoms. The van der Waals surface area contributed by atoms with Crippen LogP contribution in [0.3, 0.4) is 0 Å². The van der Waals surface area contributed by atoms with Crippen molar-refractivity contribution in [2.45, 2.75) is 31.1 Å². The normalized spacial score (nSPS) is 17.1. The lowest BCUT2D eigenvalue weighted by Gasteiger charge is -2.31. The predicted octanol–water partition coefficient (Wildman–Crippen LogP) is 3.19. The van der Waals surface area contributed by atoms with E-state index in [9.17, 15) is 13.2 Å². The zero-order valence-corrected chi connectivity index (χ0v) is 17.7. The van der Waals surface area contributed by atoms with Crippen molar-refractivity contribution in [2.75, 3.05) is 25.0 Å². The Labute approximate surface area is 177 Å². The van der Waals surface area contributed by atoms with E-state index in [0.29, 0.717) is 43.9 Å². The van der Waals surface area contributed by atoms with Crippen LogP contribution in [-0.2, 0) is 21.2 Å². The number of nitriles is 1. The van der Waals surface area contributed by atoms with E-state index in [1.165, 1.54) is 16.4 Å². The summed E-state index contributed by atoms with van der Waals surface area (Å²) in [6.45, 7) is 2.91. The molecular weight excluding hydrogens is 402 g/mol. The third-order valence-electron chi connectivity index (χ3n) is 5.03. The summed E-state index contributed by atoms with van der Waals surface area (Å²) in [7, 11) is -3.68. The van der Waals surface area contributed by atoms with Crippen molar-refractivity contribution < 1.29 is 17.9 Å². The van der Waals surface area contributed by atoms with E-state index in [1.54, 1.807) is 36.4 Å². The number of nitrogens with zero attached hydrogens (tertiary/aromatic N) is 2. The number of anilines is 1. The maximum atomic E-state index is 13.0. The number of carbonyl (C=O) groups is 1. The van der Waals surface area contributed by atoms with Crippen molar-refractivity contribution in [3.8, 4) is 11.8 Å². The number of amides is 1. The molecule has 1 fully saturated rings. The van der Waals surface area contributed by atoms with Gasteiger partial charge in [-0.1, -0.05) is 12.1 Å². The summed E-state index contributed by atoms with van der Waals surface area (Å²) >= 11 is 0. The summed E-state index contributed by atoms with van der Waals surface area (Å²) in [5.74, 6) is -0.00206. The van der Waals surface area contributed by atoms with E-state index >= 15 is 0 Å². The van der Waals surface area contributed by atoms with Crippen LogP contribution in [0.5, 0.6) is 5.75 Å². The van der Waals surface area contributed by atoms with Gasteiger partial charge in [-0.25, -0.2) is 8.42 Å². The van der Waals surface area contributed by atoms with Crippen molar-refractivity contribution in [2.24, 2.45) is 5.92 Å². The lowest BCUT2D eigenvalue weighted by molar-refractivity contribution is -0.120. The molecule has 0 bridgehead atoms. The van der Waals surface area contributed by atoms with Gasteiger partial charge in [-0.3, -0.25) is 4.79 Å². The highest BCUT2D eigenvalue weighted by Gasteiger charge is 2.33. The lowest BCUT2D eigenvalue weighted by atomic mass is 9.98. The minimum atomic E-state index is -3.68. The minimum Gasteiger partial charge on any atom is -0.494 e. The highest BCUT2D eigenvalue weighted by atomic mass is 32.2. The van der Waals surface area contributed by atoms with Crippen LogP contribution in [-0.4, -0.2) is 38.3 Å². The molecule has 1 aliphatic rings. The van der Waals surface area contributed by atoms with Crippen LogP contribution in [0, 0.1) is 17.2 Å². The van der Waals surface area contributed by atoms with Crippen molar-refractivity contribution in [3.05, 3.63) is 54.1 Å². The number of ether oxygens (including phenoxy) is 1. The summed E-state index contributed by atoms with van der Waals surface area (Å²) < 4.78 is 32.8. The third kappa shape index (κ3) is 5.17. The van der Waals surface area contributed by atoms with Gasteiger partial charge < -0.3 is 10.1 Å². The molecule has 2 aromatic rings. The Morgan fingerprint density at radius 2 is 1.90 bits per heavy atom. The van der Waals surface area contributed by atoms with E-state index in [0.717, 1.165) is 5.56 Å². The Bertz CT molecular complexity index is 1010. The van der Waals surface area contributed by atoms with E-state index in [1.807, 2.05) is 6.92 Å². The van der Waals surface area contributed by atoms with Crippen LogP contribution in [0.2, 0.25) is 0 Å². The fourth-order valence-electron chi connectivity index (χ4n) is 3.44. The highest BCUT2D eigenvalue weighted by Crippen LogP contribution is 2.26. The SMILES string of the molecule is CCOc1ccc(S(=O)(=O)N2CCC[C@@H](C(=O)Nc3ccc(CC#N)cc3)C2)cc1. The Morgan fingerprint density at radius 1 is 1.20 bits per heavy atom. The molecule has 0 aliphatic carbocycles. The van der Waals surface area contributed by atoms with Gasteiger partial charge in [0.15, 0.2) is 0 Å². The summed E-state index contributed by atoms with van der Waals surface area (Å²) in [5.41, 5.74) is 1.51. The average Bonchev–Trinajstić information content (AvgIpc) is 2.76. The quantitative estimate of drug-likeness (QED) is 0.732. The molecule has 30 heavy (non-hydrogen) atoms. The minimum absolute atomic E-state index is 0.147. The predicted molar refractivity (Wildman–Crippen MR) is 113 cm³/mol. The molecule has 1 aliphatic heterocycles. The molecule has 0 unspecified atom stereocenters. The standard InChI is InChI=1S/C22H25N3O4S/c1-2-29-20-9-11-21(12-10-20)30(27,28)25-15-3-4-18(16-25)22(26)24-19-7-5-17(6-8-19)13-14-23/h5-12,18H,2-4,13,15-16H2,1H3,(H,24,26)/t18-/m1/s1. The van der Waals surface area contributed by atoms with Crippen molar-refractivity contribution in [1.82, 2.24) is 4.31 Å². The fourth-order valence-corrected chi connectivity index (χ4v) is 4.96. The molecule has 1 amide bonds. The molecule has 1 atom stereocenters. The van der Waals surface area contributed by atoms with Crippen LogP contribution in [0.25, 0.3) is 0 Å². The second-order valence-electron chi connectivity index (χ2n) is 7.13. The van der Waals surface area contributed by atoms with Gasteiger partial charge in [-0.05, 0) is 61.7 Å². The summed E-state index contributed by atoms with van der Waals surface area (Å²) in [5, 5.41) is 11.6. The Balaban J connectivity index is 1.66. The molecule has 0 saturated carbocycles. The Kier molecular flexibility index (Phi) is 7.08.